The van der Waals surface area contributed by atoms with E-state index in [2.05, 4.69) is 4.98 Å². The Morgan fingerprint density at radius 1 is 1.47 bits per heavy atom. The summed E-state index contributed by atoms with van der Waals surface area (Å²) >= 11 is 0. The maximum absolute atomic E-state index is 10.4. The average molecular weight is 201 g/mol. The van der Waals surface area contributed by atoms with Gasteiger partial charge in [0.2, 0.25) is 0 Å². The highest BCUT2D eigenvalue weighted by molar-refractivity contribution is 5.95. The summed E-state index contributed by atoms with van der Waals surface area (Å²) in [7, 11) is 0. The van der Waals surface area contributed by atoms with Gasteiger partial charge in [-0.05, 0) is 24.6 Å². The molecule has 0 unspecified atom stereocenters. The predicted molar refractivity (Wildman–Crippen MR) is 59.7 cm³/mol. The van der Waals surface area contributed by atoms with E-state index in [1.807, 2.05) is 31.3 Å². The van der Waals surface area contributed by atoms with Crippen molar-refractivity contribution in [3.8, 4) is 0 Å². The first-order chi connectivity index (χ1) is 7.18. The van der Waals surface area contributed by atoms with E-state index in [0.717, 1.165) is 28.1 Å². The molecule has 0 bridgehead atoms. The van der Waals surface area contributed by atoms with Gasteiger partial charge in [-0.15, -0.1) is 0 Å². The lowest BCUT2D eigenvalue weighted by molar-refractivity contribution is -0.131. The van der Waals surface area contributed by atoms with Gasteiger partial charge in [0, 0.05) is 28.7 Å². The Bertz CT molecular complexity index is 538. The maximum Gasteiger partial charge on any atom is 0.328 e. The summed E-state index contributed by atoms with van der Waals surface area (Å²) in [4.78, 5) is 13.5. The molecule has 0 aliphatic heterocycles. The van der Waals surface area contributed by atoms with Crippen LogP contribution in [0.4, 0.5) is 0 Å². The molecule has 76 valence electrons. The zero-order chi connectivity index (χ0) is 10.8. The van der Waals surface area contributed by atoms with Gasteiger partial charge in [-0.1, -0.05) is 12.1 Å². The van der Waals surface area contributed by atoms with Gasteiger partial charge < -0.3 is 10.1 Å². The molecule has 1 heterocycles. The summed E-state index contributed by atoms with van der Waals surface area (Å²) in [6.45, 7) is 2.01. The summed E-state index contributed by atoms with van der Waals surface area (Å²) in [6, 6.07) is 5.95. The van der Waals surface area contributed by atoms with Crippen molar-refractivity contribution in [2.75, 3.05) is 0 Å². The molecule has 0 spiro atoms. The highest BCUT2D eigenvalue weighted by Gasteiger charge is 2.03. The Kier molecular flexibility index (Phi) is 2.29. The fourth-order valence-electron chi connectivity index (χ4n) is 1.69. The van der Waals surface area contributed by atoms with E-state index in [9.17, 15) is 4.79 Å². The standard InChI is InChI=1S/C12H11NO2/c1-8-3-2-4-10-12(8)9(7-13-10)5-6-11(14)15/h2-7,13H,1H3,(H,14,15)/b6-5+. The van der Waals surface area contributed by atoms with Crippen LogP contribution in [-0.2, 0) is 4.79 Å². The molecule has 1 aromatic carbocycles. The summed E-state index contributed by atoms with van der Waals surface area (Å²) < 4.78 is 0. The van der Waals surface area contributed by atoms with Crippen molar-refractivity contribution in [2.45, 2.75) is 6.92 Å². The number of H-pyrrole nitrogens is 1. The number of hydrogen-bond acceptors (Lipinski definition) is 1. The molecule has 0 aliphatic carbocycles. The molecule has 0 aliphatic rings. The molecule has 0 saturated carbocycles. The Labute approximate surface area is 87.0 Å². The molecular formula is C12H11NO2. The topological polar surface area (TPSA) is 53.1 Å². The van der Waals surface area contributed by atoms with Gasteiger partial charge in [0.05, 0.1) is 0 Å². The quantitative estimate of drug-likeness (QED) is 0.734. The molecule has 3 heteroatoms. The number of aliphatic carboxylic acids is 1. The summed E-state index contributed by atoms with van der Waals surface area (Å²) in [5, 5.41) is 9.64. The van der Waals surface area contributed by atoms with Crippen LogP contribution in [0.15, 0.2) is 30.5 Å². The summed E-state index contributed by atoms with van der Waals surface area (Å²) in [6.07, 6.45) is 4.57. The van der Waals surface area contributed by atoms with Gasteiger partial charge in [0.15, 0.2) is 0 Å². The van der Waals surface area contributed by atoms with Crippen LogP contribution in [0.1, 0.15) is 11.1 Å². The molecule has 3 nitrogen and oxygen atoms in total. The maximum atomic E-state index is 10.4. The molecule has 15 heavy (non-hydrogen) atoms. The van der Waals surface area contributed by atoms with Crippen molar-refractivity contribution in [3.63, 3.8) is 0 Å². The first-order valence-corrected chi connectivity index (χ1v) is 4.66. The Morgan fingerprint density at radius 2 is 2.27 bits per heavy atom. The van der Waals surface area contributed by atoms with Crippen LogP contribution in [0.5, 0.6) is 0 Å². The van der Waals surface area contributed by atoms with Crippen molar-refractivity contribution < 1.29 is 9.90 Å². The highest BCUT2D eigenvalue weighted by atomic mass is 16.4. The minimum Gasteiger partial charge on any atom is -0.478 e. The van der Waals surface area contributed by atoms with E-state index in [4.69, 9.17) is 5.11 Å². The van der Waals surface area contributed by atoms with Crippen LogP contribution in [0, 0.1) is 6.92 Å². The minimum atomic E-state index is -0.932. The van der Waals surface area contributed by atoms with Crippen molar-refractivity contribution in [3.05, 3.63) is 41.6 Å². The van der Waals surface area contributed by atoms with Crippen molar-refractivity contribution in [1.82, 2.24) is 4.98 Å². The number of carboxylic acids is 1. The zero-order valence-corrected chi connectivity index (χ0v) is 8.32. The molecule has 1 aromatic heterocycles. The monoisotopic (exact) mass is 201 g/mol. The lowest BCUT2D eigenvalue weighted by atomic mass is 10.1. The third-order valence-electron chi connectivity index (χ3n) is 2.35. The SMILES string of the molecule is Cc1cccc2[nH]cc(/C=C/C(=O)O)c12. The van der Waals surface area contributed by atoms with Gasteiger partial charge >= 0.3 is 5.97 Å². The second kappa shape index (κ2) is 3.61. The number of nitrogens with one attached hydrogen (secondary N) is 1. The van der Waals surface area contributed by atoms with E-state index in [0.29, 0.717) is 0 Å². The molecule has 0 amide bonds. The van der Waals surface area contributed by atoms with Crippen LogP contribution in [-0.4, -0.2) is 16.1 Å². The molecular weight excluding hydrogens is 190 g/mol. The van der Waals surface area contributed by atoms with Gasteiger partial charge in [-0.3, -0.25) is 0 Å². The number of aryl methyl sites for hydroxylation is 1. The zero-order valence-electron chi connectivity index (χ0n) is 8.32. The number of benzene rings is 1. The molecule has 2 aromatic rings. The lowest BCUT2D eigenvalue weighted by Crippen LogP contribution is -1.85. The Balaban J connectivity index is 2.57. The van der Waals surface area contributed by atoms with Crippen LogP contribution in [0.25, 0.3) is 17.0 Å². The number of fused-ring (bicyclic) bond motifs is 1. The molecule has 2 rings (SSSR count). The highest BCUT2D eigenvalue weighted by Crippen LogP contribution is 2.22. The largest absolute Gasteiger partial charge is 0.478 e. The Morgan fingerprint density at radius 3 is 3.00 bits per heavy atom. The van der Waals surface area contributed by atoms with Gasteiger partial charge in [-0.2, -0.15) is 0 Å². The fraction of sp³-hybridized carbons (Fsp3) is 0.0833. The first kappa shape index (κ1) is 9.52. The predicted octanol–water partition coefficient (Wildman–Crippen LogP) is 2.57. The summed E-state index contributed by atoms with van der Waals surface area (Å²) in [5.41, 5.74) is 3.07. The number of aromatic amines is 1. The van der Waals surface area contributed by atoms with E-state index >= 15 is 0 Å². The van der Waals surface area contributed by atoms with Crippen LogP contribution in [0.2, 0.25) is 0 Å². The number of hydrogen-bond donors (Lipinski definition) is 2. The number of aromatic nitrogens is 1. The third-order valence-corrected chi connectivity index (χ3v) is 2.35. The normalized spacial score (nSPS) is 11.3. The third kappa shape index (κ3) is 1.76. The van der Waals surface area contributed by atoms with E-state index in [1.165, 1.54) is 0 Å². The summed E-state index contributed by atoms with van der Waals surface area (Å²) in [5.74, 6) is -0.932. The van der Waals surface area contributed by atoms with Crippen LogP contribution < -0.4 is 0 Å². The van der Waals surface area contributed by atoms with Crippen LogP contribution >= 0.6 is 0 Å². The van der Waals surface area contributed by atoms with E-state index in [-0.39, 0.29) is 0 Å². The lowest BCUT2D eigenvalue weighted by Gasteiger charge is -1.96. The van der Waals surface area contributed by atoms with Crippen LogP contribution in [0.3, 0.4) is 0 Å². The molecule has 0 atom stereocenters. The van der Waals surface area contributed by atoms with Crippen molar-refractivity contribution in [1.29, 1.82) is 0 Å². The first-order valence-electron chi connectivity index (χ1n) is 4.66. The van der Waals surface area contributed by atoms with Crippen molar-refractivity contribution in [2.24, 2.45) is 0 Å². The van der Waals surface area contributed by atoms with Gasteiger partial charge in [0.25, 0.3) is 0 Å². The van der Waals surface area contributed by atoms with Crippen molar-refractivity contribution >= 4 is 22.9 Å². The number of carbonyl (C=O) groups is 1. The van der Waals surface area contributed by atoms with Gasteiger partial charge in [0.1, 0.15) is 0 Å². The smallest absolute Gasteiger partial charge is 0.328 e. The molecule has 0 fully saturated rings. The molecule has 0 radical (unpaired) electrons. The second-order valence-electron chi connectivity index (χ2n) is 3.41. The average Bonchev–Trinajstić information content (AvgIpc) is 2.59. The van der Waals surface area contributed by atoms with E-state index < -0.39 is 5.97 Å². The van der Waals surface area contributed by atoms with Gasteiger partial charge in [-0.25, -0.2) is 4.79 Å². The minimum absolute atomic E-state index is 0.908. The fourth-order valence-corrected chi connectivity index (χ4v) is 1.69. The Hall–Kier alpha value is -2.03. The molecule has 0 saturated heterocycles. The number of rotatable bonds is 2. The van der Waals surface area contributed by atoms with E-state index in [1.54, 1.807) is 6.08 Å². The number of carboxylic acid groups (broad SMARTS) is 1. The second-order valence-corrected chi connectivity index (χ2v) is 3.41. The molecule has 2 N–H and O–H groups in total.